The third-order valence-corrected chi connectivity index (χ3v) is 4.07. The van der Waals surface area contributed by atoms with Gasteiger partial charge < -0.3 is 4.90 Å². The number of aromatic nitrogens is 1. The molecule has 1 amide bonds. The monoisotopic (exact) mass is 276 g/mol. The van der Waals surface area contributed by atoms with Crippen molar-refractivity contribution in [1.82, 2.24) is 9.88 Å². The van der Waals surface area contributed by atoms with E-state index >= 15 is 0 Å². The Kier molecular flexibility index (Phi) is 3.76. The van der Waals surface area contributed by atoms with E-state index in [4.69, 9.17) is 11.6 Å². The molecular formula is C15H17ClN2O. The van der Waals surface area contributed by atoms with Crippen molar-refractivity contribution < 1.29 is 4.79 Å². The Morgan fingerprint density at radius 3 is 2.68 bits per heavy atom. The van der Waals surface area contributed by atoms with Crippen molar-refractivity contribution in [2.24, 2.45) is 0 Å². The lowest BCUT2D eigenvalue weighted by Gasteiger charge is -2.34. The summed E-state index contributed by atoms with van der Waals surface area (Å²) < 4.78 is 0. The van der Waals surface area contributed by atoms with Crippen LogP contribution in [0.3, 0.4) is 0 Å². The van der Waals surface area contributed by atoms with Gasteiger partial charge in [0.05, 0.1) is 16.6 Å². The molecule has 1 aromatic carbocycles. The molecule has 0 atom stereocenters. The highest BCUT2D eigenvalue weighted by molar-refractivity contribution is 6.19. The predicted octanol–water partition coefficient (Wildman–Crippen LogP) is 3.32. The van der Waals surface area contributed by atoms with Gasteiger partial charge in [-0.1, -0.05) is 18.2 Å². The second-order valence-corrected chi connectivity index (χ2v) is 5.45. The minimum Gasteiger partial charge on any atom is -0.335 e. The van der Waals surface area contributed by atoms with Crippen LogP contribution in [0.4, 0.5) is 0 Å². The number of fused-ring (bicyclic) bond motifs is 1. The smallest absolute Gasteiger partial charge is 0.254 e. The molecule has 0 radical (unpaired) electrons. The van der Waals surface area contributed by atoms with Crippen LogP contribution in [-0.2, 0) is 0 Å². The normalized spacial score (nSPS) is 11.6. The Labute approximate surface area is 118 Å². The number of hydrogen-bond acceptors (Lipinski definition) is 2. The number of para-hydroxylation sites is 1. The molecule has 0 unspecified atom stereocenters. The molecule has 19 heavy (non-hydrogen) atoms. The van der Waals surface area contributed by atoms with Crippen molar-refractivity contribution in [1.29, 1.82) is 0 Å². The van der Waals surface area contributed by atoms with Gasteiger partial charge in [0.25, 0.3) is 5.91 Å². The third-order valence-electron chi connectivity index (χ3n) is 3.42. The highest BCUT2D eigenvalue weighted by Crippen LogP contribution is 2.22. The topological polar surface area (TPSA) is 33.2 Å². The molecule has 2 aromatic rings. The number of halogens is 1. The summed E-state index contributed by atoms with van der Waals surface area (Å²) in [4.78, 5) is 18.6. The van der Waals surface area contributed by atoms with Gasteiger partial charge >= 0.3 is 0 Å². The molecule has 1 aromatic heterocycles. The zero-order valence-corrected chi connectivity index (χ0v) is 12.1. The fourth-order valence-corrected chi connectivity index (χ4v) is 2.01. The zero-order chi connectivity index (χ0) is 14.0. The number of benzene rings is 1. The molecule has 0 saturated carbocycles. The molecule has 0 bridgehead atoms. The minimum atomic E-state index is -0.386. The SMILES string of the molecule is CN(C(=O)c1ccnc2ccccc12)C(C)(C)CCl. The highest BCUT2D eigenvalue weighted by atomic mass is 35.5. The molecule has 3 nitrogen and oxygen atoms in total. The first-order valence-electron chi connectivity index (χ1n) is 6.15. The van der Waals surface area contributed by atoms with E-state index in [0.29, 0.717) is 11.4 Å². The number of carbonyl (C=O) groups is 1. The van der Waals surface area contributed by atoms with Crippen LogP contribution in [0.25, 0.3) is 10.9 Å². The Morgan fingerprint density at radius 2 is 2.00 bits per heavy atom. The molecule has 0 N–H and O–H groups in total. The summed E-state index contributed by atoms with van der Waals surface area (Å²) in [6.07, 6.45) is 1.66. The Bertz CT molecular complexity index is 605. The van der Waals surface area contributed by atoms with Crippen molar-refractivity contribution in [2.75, 3.05) is 12.9 Å². The summed E-state index contributed by atoms with van der Waals surface area (Å²) in [6.45, 7) is 3.89. The summed E-state index contributed by atoms with van der Waals surface area (Å²) in [6, 6.07) is 9.39. The largest absolute Gasteiger partial charge is 0.335 e. The summed E-state index contributed by atoms with van der Waals surface area (Å²) in [5, 5.41) is 0.868. The molecule has 0 aliphatic heterocycles. The molecule has 0 fully saturated rings. The van der Waals surface area contributed by atoms with Crippen LogP contribution in [0.5, 0.6) is 0 Å². The minimum absolute atomic E-state index is 0.0377. The van der Waals surface area contributed by atoms with Gasteiger partial charge in [-0.05, 0) is 26.0 Å². The Morgan fingerprint density at radius 1 is 1.32 bits per heavy atom. The van der Waals surface area contributed by atoms with Crippen LogP contribution < -0.4 is 0 Å². The molecule has 0 aliphatic carbocycles. The van der Waals surface area contributed by atoms with E-state index in [9.17, 15) is 4.79 Å². The molecule has 0 spiro atoms. The number of carbonyl (C=O) groups excluding carboxylic acids is 1. The first kappa shape index (κ1) is 13.8. The van der Waals surface area contributed by atoms with E-state index in [1.165, 1.54) is 0 Å². The van der Waals surface area contributed by atoms with Gasteiger partial charge in [0.2, 0.25) is 0 Å². The lowest BCUT2D eigenvalue weighted by molar-refractivity contribution is 0.0662. The van der Waals surface area contributed by atoms with Gasteiger partial charge in [-0.25, -0.2) is 0 Å². The maximum atomic E-state index is 12.6. The van der Waals surface area contributed by atoms with Crippen LogP contribution >= 0.6 is 11.6 Å². The first-order chi connectivity index (χ1) is 8.97. The molecule has 0 aliphatic rings. The van der Waals surface area contributed by atoms with Crippen LogP contribution in [0.1, 0.15) is 24.2 Å². The van der Waals surface area contributed by atoms with Gasteiger partial charge in [-0.3, -0.25) is 9.78 Å². The van der Waals surface area contributed by atoms with Crippen molar-refractivity contribution in [2.45, 2.75) is 19.4 Å². The van der Waals surface area contributed by atoms with Crippen LogP contribution in [0, 0.1) is 0 Å². The third kappa shape index (κ3) is 2.56. The maximum Gasteiger partial charge on any atom is 0.254 e. The van der Waals surface area contributed by atoms with E-state index in [1.54, 1.807) is 24.2 Å². The molecule has 100 valence electrons. The highest BCUT2D eigenvalue weighted by Gasteiger charge is 2.28. The fraction of sp³-hybridized carbons (Fsp3) is 0.333. The number of rotatable bonds is 3. The number of alkyl halides is 1. The number of nitrogens with zero attached hydrogens (tertiary/aromatic N) is 2. The van der Waals surface area contributed by atoms with Gasteiger partial charge in [0.15, 0.2) is 0 Å². The number of amides is 1. The molecule has 2 rings (SSSR count). The number of pyridine rings is 1. The lowest BCUT2D eigenvalue weighted by Crippen LogP contribution is -2.46. The van der Waals surface area contributed by atoms with Gasteiger partial charge in [0.1, 0.15) is 0 Å². The van der Waals surface area contributed by atoms with Gasteiger partial charge in [0, 0.05) is 24.5 Å². The van der Waals surface area contributed by atoms with Gasteiger partial charge in [-0.2, -0.15) is 0 Å². The molecule has 0 saturated heterocycles. The summed E-state index contributed by atoms with van der Waals surface area (Å²) in [5.41, 5.74) is 1.10. The lowest BCUT2D eigenvalue weighted by atomic mass is 10.0. The number of hydrogen-bond donors (Lipinski definition) is 0. The van der Waals surface area contributed by atoms with Crippen molar-refractivity contribution in [3.8, 4) is 0 Å². The quantitative estimate of drug-likeness (QED) is 0.806. The predicted molar refractivity (Wildman–Crippen MR) is 78.6 cm³/mol. The van der Waals surface area contributed by atoms with E-state index in [-0.39, 0.29) is 11.4 Å². The van der Waals surface area contributed by atoms with E-state index in [0.717, 1.165) is 10.9 Å². The van der Waals surface area contributed by atoms with Crippen molar-refractivity contribution in [3.63, 3.8) is 0 Å². The first-order valence-corrected chi connectivity index (χ1v) is 6.69. The van der Waals surface area contributed by atoms with E-state index in [1.807, 2.05) is 38.1 Å². The summed E-state index contributed by atoms with van der Waals surface area (Å²) in [5.74, 6) is 0.349. The molecule has 4 heteroatoms. The summed E-state index contributed by atoms with van der Waals surface area (Å²) >= 11 is 5.93. The van der Waals surface area contributed by atoms with E-state index < -0.39 is 0 Å². The molecular weight excluding hydrogens is 260 g/mol. The Balaban J connectivity index is 2.48. The summed E-state index contributed by atoms with van der Waals surface area (Å²) in [7, 11) is 1.78. The standard InChI is InChI=1S/C15H17ClN2O/c1-15(2,10-16)18(3)14(19)12-8-9-17-13-7-5-4-6-11(12)13/h4-9H,10H2,1-3H3. The van der Waals surface area contributed by atoms with Crippen molar-refractivity contribution >= 4 is 28.4 Å². The van der Waals surface area contributed by atoms with Crippen LogP contribution in [0.2, 0.25) is 0 Å². The van der Waals surface area contributed by atoms with Crippen molar-refractivity contribution in [3.05, 3.63) is 42.1 Å². The van der Waals surface area contributed by atoms with E-state index in [2.05, 4.69) is 4.98 Å². The fourth-order valence-electron chi connectivity index (χ4n) is 1.83. The van der Waals surface area contributed by atoms with Crippen LogP contribution in [-0.4, -0.2) is 34.3 Å². The van der Waals surface area contributed by atoms with Gasteiger partial charge in [-0.15, -0.1) is 11.6 Å². The Hall–Kier alpha value is -1.61. The second kappa shape index (κ2) is 5.17. The maximum absolute atomic E-state index is 12.6. The second-order valence-electron chi connectivity index (χ2n) is 5.19. The zero-order valence-electron chi connectivity index (χ0n) is 11.4. The average Bonchev–Trinajstić information content (AvgIpc) is 2.45. The average molecular weight is 277 g/mol. The molecule has 1 heterocycles. The van der Waals surface area contributed by atoms with Crippen LogP contribution in [0.15, 0.2) is 36.5 Å².